The third-order valence-corrected chi connectivity index (χ3v) is 5.68. The van der Waals surface area contributed by atoms with Crippen molar-refractivity contribution in [1.82, 2.24) is 4.31 Å². The molecule has 0 unspecified atom stereocenters. The molecule has 0 aliphatic heterocycles. The van der Waals surface area contributed by atoms with Crippen LogP contribution in [0, 0.1) is 0 Å². The van der Waals surface area contributed by atoms with Crippen molar-refractivity contribution in [2.45, 2.75) is 17.6 Å². The van der Waals surface area contributed by atoms with Crippen LogP contribution in [-0.2, 0) is 27.5 Å². The van der Waals surface area contributed by atoms with E-state index in [1.54, 1.807) is 30.3 Å². The monoisotopic (exact) mass is 406 g/mol. The van der Waals surface area contributed by atoms with Crippen molar-refractivity contribution in [3.05, 3.63) is 64.7 Å². The van der Waals surface area contributed by atoms with Crippen LogP contribution in [-0.4, -0.2) is 25.2 Å². The second kappa shape index (κ2) is 7.65. The fourth-order valence-electron chi connectivity index (χ4n) is 2.20. The Labute approximate surface area is 153 Å². The van der Waals surface area contributed by atoms with Gasteiger partial charge in [-0.2, -0.15) is 17.5 Å². The highest BCUT2D eigenvalue weighted by molar-refractivity contribution is 7.89. The Morgan fingerprint density at radius 2 is 1.73 bits per heavy atom. The number of nitrogens with two attached hydrogens (primary N) is 1. The summed E-state index contributed by atoms with van der Waals surface area (Å²) in [7, 11) is -4.51. The van der Waals surface area contributed by atoms with Gasteiger partial charge in [0.2, 0.25) is 15.9 Å². The van der Waals surface area contributed by atoms with E-state index in [0.29, 0.717) is 22.0 Å². The number of halogens is 4. The second-order valence-electron chi connectivity index (χ2n) is 5.37. The molecule has 26 heavy (non-hydrogen) atoms. The fraction of sp³-hybridized carbons (Fsp3) is 0.188. The van der Waals surface area contributed by atoms with Gasteiger partial charge < -0.3 is 5.73 Å². The van der Waals surface area contributed by atoms with Gasteiger partial charge in [-0.05, 0) is 23.8 Å². The number of primary amides is 1. The first-order chi connectivity index (χ1) is 12.0. The van der Waals surface area contributed by atoms with Crippen molar-refractivity contribution in [3.8, 4) is 0 Å². The van der Waals surface area contributed by atoms with Gasteiger partial charge in [0, 0.05) is 6.54 Å². The molecule has 10 heteroatoms. The largest absolute Gasteiger partial charge is 0.416 e. The average Bonchev–Trinajstić information content (AvgIpc) is 2.54. The highest BCUT2D eigenvalue weighted by Crippen LogP contribution is 2.34. The summed E-state index contributed by atoms with van der Waals surface area (Å²) in [6.07, 6.45) is -4.75. The molecule has 0 heterocycles. The molecule has 0 bridgehead atoms. The Morgan fingerprint density at radius 1 is 1.12 bits per heavy atom. The molecule has 0 saturated heterocycles. The lowest BCUT2D eigenvalue weighted by Gasteiger charge is -2.22. The predicted molar refractivity (Wildman–Crippen MR) is 89.7 cm³/mol. The quantitative estimate of drug-likeness (QED) is 0.800. The van der Waals surface area contributed by atoms with Crippen LogP contribution < -0.4 is 5.73 Å². The van der Waals surface area contributed by atoms with E-state index < -0.39 is 39.1 Å². The van der Waals surface area contributed by atoms with E-state index >= 15 is 0 Å². The summed E-state index contributed by atoms with van der Waals surface area (Å²) in [6.45, 7) is -0.956. The number of carbonyl (C=O) groups excluding carboxylic acids is 1. The highest BCUT2D eigenvalue weighted by Gasteiger charge is 2.34. The van der Waals surface area contributed by atoms with Crippen LogP contribution in [0.5, 0.6) is 0 Å². The molecule has 2 N–H and O–H groups in total. The third kappa shape index (κ3) is 4.75. The zero-order valence-corrected chi connectivity index (χ0v) is 14.8. The number of carbonyl (C=O) groups is 1. The molecule has 0 aliphatic rings. The van der Waals surface area contributed by atoms with Crippen LogP contribution in [0.25, 0.3) is 0 Å². The van der Waals surface area contributed by atoms with E-state index in [0.717, 1.165) is 6.07 Å². The van der Waals surface area contributed by atoms with Gasteiger partial charge in [0.25, 0.3) is 0 Å². The SMILES string of the molecule is NC(=O)CN(Cc1ccccc1)S(=O)(=O)c1cc(C(F)(F)F)ccc1Cl. The van der Waals surface area contributed by atoms with Gasteiger partial charge >= 0.3 is 6.18 Å². The molecule has 0 aliphatic carbocycles. The number of benzene rings is 2. The molecular formula is C16H14ClF3N2O3S. The summed E-state index contributed by atoms with van der Waals surface area (Å²) in [6, 6.07) is 10.2. The molecule has 0 atom stereocenters. The van der Waals surface area contributed by atoms with Crippen molar-refractivity contribution in [3.63, 3.8) is 0 Å². The number of rotatable bonds is 6. The Kier molecular flexibility index (Phi) is 5.94. The number of nitrogens with zero attached hydrogens (tertiary/aromatic N) is 1. The van der Waals surface area contributed by atoms with Gasteiger partial charge in [0.05, 0.1) is 17.1 Å². The van der Waals surface area contributed by atoms with Crippen molar-refractivity contribution >= 4 is 27.5 Å². The summed E-state index contributed by atoms with van der Waals surface area (Å²) >= 11 is 5.83. The summed E-state index contributed by atoms with van der Waals surface area (Å²) in [5, 5.41) is -0.388. The van der Waals surface area contributed by atoms with Gasteiger partial charge in [-0.25, -0.2) is 8.42 Å². The van der Waals surface area contributed by atoms with E-state index in [4.69, 9.17) is 17.3 Å². The minimum atomic E-state index is -4.75. The first-order valence-corrected chi connectivity index (χ1v) is 9.03. The van der Waals surface area contributed by atoms with Crippen LogP contribution in [0.3, 0.4) is 0 Å². The Morgan fingerprint density at radius 3 is 2.27 bits per heavy atom. The lowest BCUT2D eigenvalue weighted by atomic mass is 10.2. The second-order valence-corrected chi connectivity index (χ2v) is 7.68. The van der Waals surface area contributed by atoms with E-state index in [9.17, 15) is 26.4 Å². The maximum Gasteiger partial charge on any atom is 0.416 e. The standard InChI is InChI=1S/C16H14ClF3N2O3S/c17-13-7-6-12(16(18,19)20)8-14(13)26(24,25)22(10-15(21)23)9-11-4-2-1-3-5-11/h1-8H,9-10H2,(H2,21,23). The van der Waals surface area contributed by atoms with E-state index in [2.05, 4.69) is 0 Å². The van der Waals surface area contributed by atoms with Crippen molar-refractivity contribution in [2.24, 2.45) is 5.73 Å². The van der Waals surface area contributed by atoms with E-state index in [-0.39, 0.29) is 11.6 Å². The van der Waals surface area contributed by atoms with Crippen molar-refractivity contribution in [1.29, 1.82) is 0 Å². The van der Waals surface area contributed by atoms with Crippen molar-refractivity contribution in [2.75, 3.05) is 6.54 Å². The zero-order chi connectivity index (χ0) is 19.5. The fourth-order valence-corrected chi connectivity index (χ4v) is 4.10. The van der Waals surface area contributed by atoms with Crippen LogP contribution in [0.1, 0.15) is 11.1 Å². The van der Waals surface area contributed by atoms with E-state index in [1.165, 1.54) is 0 Å². The predicted octanol–water partition coefficient (Wildman–Crippen LogP) is 3.04. The molecular weight excluding hydrogens is 393 g/mol. The van der Waals surface area contributed by atoms with Crippen LogP contribution in [0.2, 0.25) is 5.02 Å². The molecule has 140 valence electrons. The number of hydrogen-bond donors (Lipinski definition) is 1. The van der Waals surface area contributed by atoms with Gasteiger partial charge in [0.1, 0.15) is 4.90 Å². The van der Waals surface area contributed by atoms with E-state index in [1.807, 2.05) is 0 Å². The third-order valence-electron chi connectivity index (χ3n) is 3.41. The maximum absolute atomic E-state index is 12.9. The molecule has 0 spiro atoms. The summed E-state index contributed by atoms with van der Waals surface area (Å²) in [5.74, 6) is -0.951. The smallest absolute Gasteiger partial charge is 0.369 e. The Bertz CT molecular complexity index is 903. The number of hydrogen-bond acceptors (Lipinski definition) is 3. The summed E-state index contributed by atoms with van der Waals surface area (Å²) in [5.41, 5.74) is 4.46. The molecule has 2 rings (SSSR count). The van der Waals surface area contributed by atoms with Gasteiger partial charge in [-0.1, -0.05) is 41.9 Å². The lowest BCUT2D eigenvalue weighted by Crippen LogP contribution is -2.38. The molecule has 2 aromatic carbocycles. The molecule has 0 aromatic heterocycles. The maximum atomic E-state index is 12.9. The summed E-state index contributed by atoms with van der Waals surface area (Å²) < 4.78 is 65.1. The average molecular weight is 407 g/mol. The molecule has 0 radical (unpaired) electrons. The highest BCUT2D eigenvalue weighted by atomic mass is 35.5. The minimum absolute atomic E-state index is 0.251. The van der Waals surface area contributed by atoms with Gasteiger partial charge in [-0.3, -0.25) is 4.79 Å². The molecule has 5 nitrogen and oxygen atoms in total. The van der Waals surface area contributed by atoms with Crippen LogP contribution in [0.4, 0.5) is 13.2 Å². The van der Waals surface area contributed by atoms with Crippen LogP contribution in [0.15, 0.2) is 53.4 Å². The molecule has 2 aromatic rings. The normalized spacial score (nSPS) is 12.3. The molecule has 0 saturated carbocycles. The van der Waals surface area contributed by atoms with Crippen molar-refractivity contribution < 1.29 is 26.4 Å². The lowest BCUT2D eigenvalue weighted by molar-refractivity contribution is -0.137. The topological polar surface area (TPSA) is 80.5 Å². The molecule has 0 fully saturated rings. The Balaban J connectivity index is 2.51. The number of alkyl halides is 3. The minimum Gasteiger partial charge on any atom is -0.369 e. The number of amides is 1. The Hall–Kier alpha value is -2.10. The zero-order valence-electron chi connectivity index (χ0n) is 13.2. The summed E-state index contributed by atoms with van der Waals surface area (Å²) in [4.78, 5) is 10.5. The van der Waals surface area contributed by atoms with Gasteiger partial charge in [-0.15, -0.1) is 0 Å². The molecule has 1 amide bonds. The number of sulfonamides is 1. The first kappa shape index (κ1) is 20.2. The van der Waals surface area contributed by atoms with Gasteiger partial charge in [0.15, 0.2) is 0 Å². The van der Waals surface area contributed by atoms with Crippen LogP contribution >= 0.6 is 11.6 Å². The first-order valence-electron chi connectivity index (χ1n) is 7.21.